The Morgan fingerprint density at radius 3 is 2.62 bits per heavy atom. The van der Waals surface area contributed by atoms with Gasteiger partial charge in [-0.15, -0.1) is 0 Å². The van der Waals surface area contributed by atoms with Gasteiger partial charge in [-0.3, -0.25) is 13.7 Å². The van der Waals surface area contributed by atoms with Crippen LogP contribution in [-0.2, 0) is 20.2 Å². The van der Waals surface area contributed by atoms with Crippen molar-refractivity contribution in [3.63, 3.8) is 0 Å². The maximum absolute atomic E-state index is 15.4. The molecule has 17 heteroatoms. The Morgan fingerprint density at radius 1 is 1.26 bits per heavy atom. The van der Waals surface area contributed by atoms with Gasteiger partial charge >= 0.3 is 15.2 Å². The minimum Gasteiger partial charge on any atom is -0.385 e. The van der Waals surface area contributed by atoms with Gasteiger partial charge in [0.1, 0.15) is 6.10 Å². The molecule has 0 aliphatic heterocycles. The minimum atomic E-state index is -4.88. The first-order valence-electron chi connectivity index (χ1n) is 11.6. The van der Waals surface area contributed by atoms with Crippen molar-refractivity contribution in [2.24, 2.45) is 0 Å². The quantitative estimate of drug-likeness (QED) is 0.0942. The fourth-order valence-corrected chi connectivity index (χ4v) is 6.42. The molecule has 0 bridgehead atoms. The molecule has 0 amide bonds. The molecule has 1 unspecified atom stereocenters. The number of imidazole rings is 1. The summed E-state index contributed by atoms with van der Waals surface area (Å²) in [6.07, 6.45) is -3.81. The SMILES string of the molecule is CC/C=C(/COP(=O)(O)CP(=O)(O)O)[C@@H](O)[C@H](F)[C@@H](O)n1cnc2c(NCc3cccc(C)c3)nc(Cl)nc21. The van der Waals surface area contributed by atoms with Crippen LogP contribution in [0, 0.1) is 6.92 Å². The smallest absolute Gasteiger partial charge is 0.340 e. The number of alkyl halides is 1. The summed E-state index contributed by atoms with van der Waals surface area (Å²) in [7, 11) is -9.65. The monoisotopic (exact) mass is 607 g/mol. The third-order valence-corrected chi connectivity index (χ3v) is 9.06. The fraction of sp³-hybridized carbons (Fsp3) is 0.409. The van der Waals surface area contributed by atoms with E-state index in [-0.39, 0.29) is 34.3 Å². The van der Waals surface area contributed by atoms with Gasteiger partial charge in [-0.25, -0.2) is 9.37 Å². The van der Waals surface area contributed by atoms with Crippen LogP contribution in [0.5, 0.6) is 0 Å². The number of aliphatic hydroxyl groups excluding tert-OH is 2. The molecule has 3 rings (SSSR count). The van der Waals surface area contributed by atoms with Gasteiger partial charge in [-0.05, 0) is 36.1 Å². The third kappa shape index (κ3) is 8.62. The number of anilines is 1. The van der Waals surface area contributed by atoms with E-state index >= 15 is 4.39 Å². The lowest BCUT2D eigenvalue weighted by molar-refractivity contribution is -0.0352. The first-order chi connectivity index (χ1) is 18.2. The molecule has 0 radical (unpaired) electrons. The van der Waals surface area contributed by atoms with Gasteiger partial charge < -0.3 is 34.7 Å². The van der Waals surface area contributed by atoms with Crippen LogP contribution in [0.4, 0.5) is 10.2 Å². The predicted octanol–water partition coefficient (Wildman–Crippen LogP) is 3.26. The average molecular weight is 608 g/mol. The summed E-state index contributed by atoms with van der Waals surface area (Å²) >= 11 is 6.07. The van der Waals surface area contributed by atoms with Gasteiger partial charge in [-0.1, -0.05) is 42.8 Å². The predicted molar refractivity (Wildman–Crippen MR) is 142 cm³/mol. The number of fused-ring (bicyclic) bond motifs is 1. The summed E-state index contributed by atoms with van der Waals surface area (Å²) in [6.45, 7) is 3.14. The summed E-state index contributed by atoms with van der Waals surface area (Å²) in [5.41, 5.74) is 1.95. The Bertz CT molecular complexity index is 1430. The molecule has 2 aromatic heterocycles. The van der Waals surface area contributed by atoms with E-state index in [0.29, 0.717) is 6.54 Å². The molecule has 0 saturated heterocycles. The number of rotatable bonds is 13. The largest absolute Gasteiger partial charge is 0.385 e. The molecule has 2 heterocycles. The van der Waals surface area contributed by atoms with Gasteiger partial charge in [0.25, 0.3) is 0 Å². The Hall–Kier alpha value is -2.25. The highest BCUT2D eigenvalue weighted by Gasteiger charge is 2.35. The summed E-state index contributed by atoms with van der Waals surface area (Å²) in [5, 5.41) is 24.2. The highest BCUT2D eigenvalue weighted by molar-refractivity contribution is 7.70. The molecule has 0 saturated carbocycles. The summed E-state index contributed by atoms with van der Waals surface area (Å²) < 4.78 is 44.0. The van der Waals surface area contributed by atoms with Crippen molar-refractivity contribution in [2.75, 3.05) is 17.8 Å². The number of nitrogens with one attached hydrogen (secondary N) is 1. The molecule has 6 N–H and O–H groups in total. The number of allylic oxidation sites excluding steroid dienone is 1. The van der Waals surface area contributed by atoms with E-state index in [9.17, 15) is 24.2 Å². The summed E-state index contributed by atoms with van der Waals surface area (Å²) in [5.74, 6) is -1.21. The van der Waals surface area contributed by atoms with Crippen LogP contribution in [0.1, 0.15) is 30.7 Å². The van der Waals surface area contributed by atoms with Crippen LogP contribution in [0.3, 0.4) is 0 Å². The molecule has 0 spiro atoms. The van der Waals surface area contributed by atoms with E-state index in [1.54, 1.807) is 6.92 Å². The minimum absolute atomic E-state index is 0.0251. The molecule has 13 nitrogen and oxygen atoms in total. The fourth-order valence-electron chi connectivity index (χ4n) is 3.71. The van der Waals surface area contributed by atoms with Crippen molar-refractivity contribution in [3.05, 3.63) is 58.7 Å². The topological polar surface area (TPSA) is 200 Å². The van der Waals surface area contributed by atoms with Crippen molar-refractivity contribution in [1.82, 2.24) is 19.5 Å². The van der Waals surface area contributed by atoms with Crippen LogP contribution in [0.15, 0.2) is 42.2 Å². The summed E-state index contributed by atoms with van der Waals surface area (Å²) in [4.78, 5) is 39.9. The second kappa shape index (κ2) is 12.9. The van der Waals surface area contributed by atoms with E-state index in [0.717, 1.165) is 22.0 Å². The lowest BCUT2D eigenvalue weighted by atomic mass is 10.0. The van der Waals surface area contributed by atoms with Crippen LogP contribution < -0.4 is 5.32 Å². The van der Waals surface area contributed by atoms with E-state index in [4.69, 9.17) is 25.9 Å². The van der Waals surface area contributed by atoms with Crippen molar-refractivity contribution >= 4 is 43.8 Å². The lowest BCUT2D eigenvalue weighted by Crippen LogP contribution is -2.34. The van der Waals surface area contributed by atoms with Crippen molar-refractivity contribution in [3.8, 4) is 0 Å². The van der Waals surface area contributed by atoms with Crippen LogP contribution in [0.2, 0.25) is 5.28 Å². The first-order valence-corrected chi connectivity index (χ1v) is 15.5. The molecular formula is C22H29ClFN5O8P2. The molecule has 1 aromatic carbocycles. The van der Waals surface area contributed by atoms with Crippen molar-refractivity contribution in [2.45, 2.75) is 45.3 Å². The maximum Gasteiger partial charge on any atom is 0.340 e. The molecular weight excluding hydrogens is 579 g/mol. The lowest BCUT2D eigenvalue weighted by Gasteiger charge is -2.25. The Kier molecular flexibility index (Phi) is 10.4. The standard InChI is InChI=1S/C22H29ClFN5O8P2/c1-3-5-15(10-37-39(35,36)12-38(32,33)34)18(30)16(24)21(31)29-11-26-17-19(27-22(23)28-20(17)29)25-9-14-7-4-6-13(2)8-14/h4-8,11,16,18,21,30-31H,3,9-10,12H2,1-2H3,(H,35,36)(H,25,27,28)(H2,32,33,34)/b15-5-/t16-,18+,21+/m0/s1. The van der Waals surface area contributed by atoms with Gasteiger partial charge in [-0.2, -0.15) is 9.97 Å². The van der Waals surface area contributed by atoms with E-state index in [1.165, 1.54) is 6.08 Å². The van der Waals surface area contributed by atoms with Crippen molar-refractivity contribution < 1.29 is 42.9 Å². The molecule has 3 aromatic rings. The molecule has 39 heavy (non-hydrogen) atoms. The third-order valence-electron chi connectivity index (χ3n) is 5.45. The Morgan fingerprint density at radius 2 is 1.97 bits per heavy atom. The number of halogens is 2. The van der Waals surface area contributed by atoms with Gasteiger partial charge in [0.05, 0.1) is 12.9 Å². The highest BCUT2D eigenvalue weighted by Crippen LogP contribution is 2.55. The zero-order chi connectivity index (χ0) is 29.0. The van der Waals surface area contributed by atoms with E-state index in [1.807, 2.05) is 31.2 Å². The number of benzene rings is 1. The van der Waals surface area contributed by atoms with Crippen molar-refractivity contribution in [1.29, 1.82) is 0 Å². The number of aromatic nitrogens is 4. The van der Waals surface area contributed by atoms with Crippen LogP contribution in [0.25, 0.3) is 11.2 Å². The van der Waals surface area contributed by atoms with Crippen LogP contribution in [-0.4, -0.2) is 69.2 Å². The second-order valence-corrected chi connectivity index (χ2v) is 13.0. The molecule has 214 valence electrons. The average Bonchev–Trinajstić information content (AvgIpc) is 3.26. The zero-order valence-corrected chi connectivity index (χ0v) is 23.5. The molecule has 0 fully saturated rings. The van der Waals surface area contributed by atoms with E-state index < -0.39 is 46.2 Å². The highest BCUT2D eigenvalue weighted by atomic mass is 35.5. The van der Waals surface area contributed by atoms with Gasteiger partial charge in [0.2, 0.25) is 5.28 Å². The number of nitrogens with zero attached hydrogens (tertiary/aromatic N) is 4. The second-order valence-electron chi connectivity index (χ2n) is 8.72. The number of hydrogen-bond donors (Lipinski definition) is 6. The normalized spacial score (nSPS) is 16.6. The van der Waals surface area contributed by atoms with Gasteiger partial charge in [0.15, 0.2) is 35.3 Å². The Labute approximate surface area is 228 Å². The molecule has 0 aliphatic rings. The Balaban J connectivity index is 1.80. The van der Waals surface area contributed by atoms with E-state index in [2.05, 4.69) is 20.3 Å². The van der Waals surface area contributed by atoms with Gasteiger partial charge in [0, 0.05) is 6.54 Å². The number of aryl methyl sites for hydroxylation is 1. The van der Waals surface area contributed by atoms with Crippen LogP contribution >= 0.6 is 26.8 Å². The zero-order valence-electron chi connectivity index (χ0n) is 20.9. The number of aliphatic hydroxyl groups is 2. The molecule has 4 atom stereocenters. The number of hydrogen-bond acceptors (Lipinski definition) is 9. The molecule has 0 aliphatic carbocycles. The maximum atomic E-state index is 15.4. The summed E-state index contributed by atoms with van der Waals surface area (Å²) in [6, 6.07) is 7.73. The first kappa shape index (κ1) is 31.3.